The Morgan fingerprint density at radius 3 is 2.50 bits per heavy atom. The fourth-order valence-electron chi connectivity index (χ4n) is 2.98. The molecule has 0 unspecified atom stereocenters. The van der Waals surface area contributed by atoms with Crippen LogP contribution in [0.25, 0.3) is 0 Å². The highest BCUT2D eigenvalue weighted by molar-refractivity contribution is 5.92. The largest absolute Gasteiger partial charge is 0.495 e. The van der Waals surface area contributed by atoms with Gasteiger partial charge in [0.05, 0.1) is 19.1 Å². The summed E-state index contributed by atoms with van der Waals surface area (Å²) in [7, 11) is 1.65. The van der Waals surface area contributed by atoms with Gasteiger partial charge in [-0.2, -0.15) is 0 Å². The molecule has 2 aromatic rings. The molecule has 1 fully saturated rings. The van der Waals surface area contributed by atoms with Crippen molar-refractivity contribution >= 4 is 17.6 Å². The van der Waals surface area contributed by atoms with Gasteiger partial charge in [0.1, 0.15) is 17.1 Å². The summed E-state index contributed by atoms with van der Waals surface area (Å²) in [5, 5.41) is 0. The molecule has 3 rings (SSSR count). The third-order valence-corrected chi connectivity index (χ3v) is 4.46. The molecular formula is C19H22N2O5. The summed E-state index contributed by atoms with van der Waals surface area (Å²) in [5.41, 5.74) is 1.36. The number of furan rings is 1. The minimum Gasteiger partial charge on any atom is -0.495 e. The molecule has 1 amide bonds. The van der Waals surface area contributed by atoms with Gasteiger partial charge in [0, 0.05) is 26.2 Å². The highest BCUT2D eigenvalue weighted by Crippen LogP contribution is 2.28. The summed E-state index contributed by atoms with van der Waals surface area (Å²) in [4.78, 5) is 28.1. The lowest BCUT2D eigenvalue weighted by Gasteiger charge is -2.36. The van der Waals surface area contributed by atoms with E-state index in [0.29, 0.717) is 37.5 Å². The molecule has 1 aliphatic heterocycles. The molecule has 0 radical (unpaired) electrons. The monoisotopic (exact) mass is 358 g/mol. The standard InChI is InChI=1S/C19H22N2O5/c1-14-15(7-12-25-14)19(23)26-13-18(22)21-10-8-20(9-11-21)16-5-3-4-6-17(16)24-2/h3-7,12H,8-11,13H2,1-2H3. The van der Waals surface area contributed by atoms with Gasteiger partial charge in [-0.15, -0.1) is 0 Å². The maximum Gasteiger partial charge on any atom is 0.342 e. The summed E-state index contributed by atoms with van der Waals surface area (Å²) < 4.78 is 15.6. The van der Waals surface area contributed by atoms with E-state index in [9.17, 15) is 9.59 Å². The lowest BCUT2D eigenvalue weighted by molar-refractivity contribution is -0.134. The molecular weight excluding hydrogens is 336 g/mol. The molecule has 138 valence electrons. The Morgan fingerprint density at radius 1 is 1.12 bits per heavy atom. The fraction of sp³-hybridized carbons (Fsp3) is 0.368. The molecule has 0 bridgehead atoms. The van der Waals surface area contributed by atoms with Gasteiger partial charge in [0.25, 0.3) is 5.91 Å². The number of hydrogen-bond donors (Lipinski definition) is 0. The normalized spacial score (nSPS) is 14.2. The number of rotatable bonds is 5. The number of para-hydroxylation sites is 2. The second-order valence-electron chi connectivity index (χ2n) is 6.01. The highest BCUT2D eigenvalue weighted by atomic mass is 16.5. The number of carbonyl (C=O) groups is 2. The number of aryl methyl sites for hydroxylation is 1. The van der Waals surface area contributed by atoms with E-state index in [1.807, 2.05) is 24.3 Å². The highest BCUT2D eigenvalue weighted by Gasteiger charge is 2.24. The summed E-state index contributed by atoms with van der Waals surface area (Å²) in [6, 6.07) is 9.36. The van der Waals surface area contributed by atoms with Gasteiger partial charge in [-0.05, 0) is 25.1 Å². The Morgan fingerprint density at radius 2 is 1.85 bits per heavy atom. The van der Waals surface area contributed by atoms with Gasteiger partial charge in [-0.1, -0.05) is 12.1 Å². The molecule has 7 heteroatoms. The minimum absolute atomic E-state index is 0.195. The Hall–Kier alpha value is -2.96. The van der Waals surface area contributed by atoms with Gasteiger partial charge in [-0.25, -0.2) is 4.79 Å². The summed E-state index contributed by atoms with van der Waals surface area (Å²) in [5.74, 6) is 0.556. The zero-order valence-corrected chi connectivity index (χ0v) is 14.9. The van der Waals surface area contributed by atoms with Crippen molar-refractivity contribution in [2.75, 3.05) is 44.8 Å². The molecule has 0 spiro atoms. The van der Waals surface area contributed by atoms with E-state index in [1.54, 1.807) is 18.9 Å². The van der Waals surface area contributed by atoms with Gasteiger partial charge in [0.2, 0.25) is 0 Å². The van der Waals surface area contributed by atoms with Crippen LogP contribution < -0.4 is 9.64 Å². The number of piperazine rings is 1. The maximum atomic E-state index is 12.3. The molecule has 0 atom stereocenters. The van der Waals surface area contributed by atoms with E-state index in [-0.39, 0.29) is 12.5 Å². The fourth-order valence-corrected chi connectivity index (χ4v) is 2.98. The number of methoxy groups -OCH3 is 1. The number of ether oxygens (including phenoxy) is 2. The molecule has 1 aromatic heterocycles. The first-order valence-electron chi connectivity index (χ1n) is 8.47. The van der Waals surface area contributed by atoms with Crippen LogP contribution in [0.2, 0.25) is 0 Å². The van der Waals surface area contributed by atoms with Crippen molar-refractivity contribution in [1.29, 1.82) is 0 Å². The zero-order chi connectivity index (χ0) is 18.5. The Kier molecular flexibility index (Phi) is 5.46. The second kappa shape index (κ2) is 7.95. The van der Waals surface area contributed by atoms with Crippen molar-refractivity contribution in [2.45, 2.75) is 6.92 Å². The zero-order valence-electron chi connectivity index (χ0n) is 14.9. The number of carbonyl (C=O) groups excluding carboxylic acids is 2. The lowest BCUT2D eigenvalue weighted by atomic mass is 10.2. The Balaban J connectivity index is 1.51. The summed E-state index contributed by atoms with van der Waals surface area (Å²) in [6.45, 7) is 3.94. The lowest BCUT2D eigenvalue weighted by Crippen LogP contribution is -2.50. The third kappa shape index (κ3) is 3.82. The van der Waals surface area contributed by atoms with Crippen LogP contribution in [0, 0.1) is 6.92 Å². The number of benzene rings is 1. The average Bonchev–Trinajstić information content (AvgIpc) is 3.12. The van der Waals surface area contributed by atoms with Gasteiger partial charge in [-0.3, -0.25) is 4.79 Å². The van der Waals surface area contributed by atoms with Crippen LogP contribution >= 0.6 is 0 Å². The van der Waals surface area contributed by atoms with E-state index in [4.69, 9.17) is 13.9 Å². The smallest absolute Gasteiger partial charge is 0.342 e. The van der Waals surface area contributed by atoms with Crippen molar-refractivity contribution in [3.63, 3.8) is 0 Å². The first kappa shape index (κ1) is 17.8. The molecule has 1 aliphatic rings. The third-order valence-electron chi connectivity index (χ3n) is 4.46. The topological polar surface area (TPSA) is 72.2 Å². The van der Waals surface area contributed by atoms with E-state index in [0.717, 1.165) is 11.4 Å². The number of anilines is 1. The van der Waals surface area contributed by atoms with Crippen molar-refractivity contribution in [2.24, 2.45) is 0 Å². The van der Waals surface area contributed by atoms with Crippen LogP contribution in [0.4, 0.5) is 5.69 Å². The van der Waals surface area contributed by atoms with Crippen molar-refractivity contribution in [1.82, 2.24) is 4.90 Å². The van der Waals surface area contributed by atoms with Gasteiger partial charge >= 0.3 is 5.97 Å². The number of nitrogens with zero attached hydrogens (tertiary/aromatic N) is 2. The first-order valence-corrected chi connectivity index (χ1v) is 8.47. The van der Waals surface area contributed by atoms with E-state index in [1.165, 1.54) is 12.3 Å². The van der Waals surface area contributed by atoms with E-state index >= 15 is 0 Å². The van der Waals surface area contributed by atoms with Crippen LogP contribution in [-0.2, 0) is 9.53 Å². The molecule has 7 nitrogen and oxygen atoms in total. The number of amides is 1. The van der Waals surface area contributed by atoms with Crippen LogP contribution in [0.15, 0.2) is 41.0 Å². The van der Waals surface area contributed by atoms with Crippen LogP contribution in [0.3, 0.4) is 0 Å². The number of esters is 1. The molecule has 1 saturated heterocycles. The van der Waals surface area contributed by atoms with Crippen LogP contribution in [0.5, 0.6) is 5.75 Å². The summed E-state index contributed by atoms with van der Waals surface area (Å²) >= 11 is 0. The van der Waals surface area contributed by atoms with Gasteiger partial charge in [0.15, 0.2) is 6.61 Å². The van der Waals surface area contributed by atoms with Crippen molar-refractivity contribution in [3.05, 3.63) is 47.9 Å². The van der Waals surface area contributed by atoms with E-state index in [2.05, 4.69) is 4.90 Å². The SMILES string of the molecule is COc1ccccc1N1CCN(C(=O)COC(=O)c2ccoc2C)CC1. The van der Waals surface area contributed by atoms with E-state index < -0.39 is 5.97 Å². The van der Waals surface area contributed by atoms with Gasteiger partial charge < -0.3 is 23.7 Å². The average molecular weight is 358 g/mol. The molecule has 0 saturated carbocycles. The Bertz CT molecular complexity index is 778. The molecule has 0 aliphatic carbocycles. The first-order chi connectivity index (χ1) is 12.6. The van der Waals surface area contributed by atoms with Crippen molar-refractivity contribution < 1.29 is 23.5 Å². The second-order valence-corrected chi connectivity index (χ2v) is 6.01. The van der Waals surface area contributed by atoms with Crippen LogP contribution in [0.1, 0.15) is 16.1 Å². The van der Waals surface area contributed by atoms with Crippen LogP contribution in [-0.4, -0.2) is 56.7 Å². The number of hydrogen-bond acceptors (Lipinski definition) is 6. The quantitative estimate of drug-likeness (QED) is 0.762. The minimum atomic E-state index is -0.544. The maximum absolute atomic E-state index is 12.3. The summed E-state index contributed by atoms with van der Waals surface area (Å²) in [6.07, 6.45) is 1.42. The molecule has 2 heterocycles. The van der Waals surface area contributed by atoms with Crippen molar-refractivity contribution in [3.8, 4) is 5.75 Å². The molecule has 1 aromatic carbocycles. The Labute approximate surface area is 152 Å². The predicted molar refractivity (Wildman–Crippen MR) is 95.5 cm³/mol. The predicted octanol–water partition coefficient (Wildman–Crippen LogP) is 2.10. The molecule has 0 N–H and O–H groups in total. The molecule has 26 heavy (non-hydrogen) atoms.